The Hall–Kier alpha value is -3.36. The Morgan fingerprint density at radius 2 is 1.64 bits per heavy atom. The van der Waals surface area contributed by atoms with E-state index < -0.39 is 79.5 Å². The molecule has 246 valence electrons. The fourth-order valence-electron chi connectivity index (χ4n) is 5.96. The van der Waals surface area contributed by atoms with Crippen LogP contribution in [0.5, 0.6) is 0 Å². The first kappa shape index (κ1) is 34.5. The van der Waals surface area contributed by atoms with Crippen LogP contribution in [0.15, 0.2) is 35.2 Å². The van der Waals surface area contributed by atoms with Gasteiger partial charge in [0, 0.05) is 29.9 Å². The Morgan fingerprint density at radius 1 is 1.07 bits per heavy atom. The Balaban J connectivity index is 1.44. The summed E-state index contributed by atoms with van der Waals surface area (Å²) in [4.78, 5) is 37.2. The Bertz CT molecular complexity index is 1580. The Morgan fingerprint density at radius 3 is 2.20 bits per heavy atom. The number of carbonyl (C=O) groups is 3. The van der Waals surface area contributed by atoms with Crippen molar-refractivity contribution in [1.82, 2.24) is 10.6 Å². The number of anilines is 1. The van der Waals surface area contributed by atoms with E-state index in [1.165, 1.54) is 19.1 Å². The fourth-order valence-corrected chi connectivity index (χ4v) is 8.36. The van der Waals surface area contributed by atoms with Crippen LogP contribution in [0.2, 0.25) is 5.02 Å². The van der Waals surface area contributed by atoms with Crippen LogP contribution in [-0.4, -0.2) is 60.5 Å². The maximum atomic E-state index is 13.8. The summed E-state index contributed by atoms with van der Waals surface area (Å²) in [6.45, 7) is 6.38. The van der Waals surface area contributed by atoms with E-state index in [4.69, 9.17) is 16.3 Å². The fraction of sp³-hybridized carbons (Fsp3) is 0.500. The molecule has 0 radical (unpaired) electrons. The van der Waals surface area contributed by atoms with E-state index in [1.807, 2.05) is 0 Å². The first-order valence-corrected chi connectivity index (χ1v) is 16.2. The number of carbonyl (C=O) groups excluding carboxylic acids is 3. The highest BCUT2D eigenvalue weighted by Gasteiger charge is 2.55. The summed E-state index contributed by atoms with van der Waals surface area (Å²) in [6.07, 6.45) is 0.411. The van der Waals surface area contributed by atoms with Crippen LogP contribution in [0, 0.1) is 29.3 Å². The topological polar surface area (TPSA) is 151 Å². The lowest BCUT2D eigenvalue weighted by Crippen LogP contribution is -2.56. The molecular weight excluding hydrogens is 639 g/mol. The molecule has 2 aromatic carbocycles. The van der Waals surface area contributed by atoms with Gasteiger partial charge < -0.3 is 25.8 Å². The smallest absolute Gasteiger partial charge is 0.408 e. The second-order valence-electron chi connectivity index (χ2n) is 12.5. The molecule has 15 heteroatoms. The van der Waals surface area contributed by atoms with E-state index in [-0.39, 0.29) is 40.6 Å². The third-order valence-corrected chi connectivity index (χ3v) is 10.9. The molecule has 3 amide bonds. The molecule has 0 aliphatic heterocycles. The number of fused-ring (bicyclic) bond motifs is 2. The summed E-state index contributed by atoms with van der Waals surface area (Å²) in [5, 5.41) is 17.8. The lowest BCUT2D eigenvalue weighted by atomic mass is 9.74. The van der Waals surface area contributed by atoms with Crippen LogP contribution in [0.3, 0.4) is 0 Å². The van der Waals surface area contributed by atoms with Gasteiger partial charge in [0.2, 0.25) is 5.91 Å². The molecule has 2 saturated carbocycles. The lowest BCUT2D eigenvalue weighted by Gasteiger charge is -2.42. The summed E-state index contributed by atoms with van der Waals surface area (Å²) in [5.74, 6) is -7.12. The van der Waals surface area contributed by atoms with E-state index in [1.54, 1.807) is 20.8 Å². The number of hydrogen-bond donors (Lipinski definition) is 4. The van der Waals surface area contributed by atoms with E-state index in [0.717, 1.165) is 6.07 Å². The van der Waals surface area contributed by atoms with Crippen LogP contribution in [0.25, 0.3) is 0 Å². The average Bonchev–Trinajstić information content (AvgIpc) is 3.08. The van der Waals surface area contributed by atoms with E-state index in [9.17, 15) is 41.1 Å². The summed E-state index contributed by atoms with van der Waals surface area (Å²) < 4.78 is 73.2. The third kappa shape index (κ3) is 7.55. The zero-order valence-electron chi connectivity index (χ0n) is 25.0. The number of aliphatic hydroxyl groups is 1. The van der Waals surface area contributed by atoms with Gasteiger partial charge in [-0.15, -0.1) is 0 Å². The standard InChI is InChI=1S/C30H35ClF3N3O7S/c1-15(36-28(40)44-29(2,3)4)26(38)35-14-30(41)17-6-7-18(30)11-20(10-17)45(42,43)24-9-16(5-8-21(24)31)27(39)37-19-12-22(32)25(34)23(33)13-19/h5,8-9,12-13,15,17-18,20,41H,6-7,10-11,14H2,1-4H3,(H,35,38)(H,36,40)(H,37,39)/t15-,17?,18?,20?,30?/m0/s1. The van der Waals surface area contributed by atoms with Gasteiger partial charge >= 0.3 is 6.09 Å². The summed E-state index contributed by atoms with van der Waals surface area (Å²) >= 11 is 6.27. The molecule has 3 atom stereocenters. The van der Waals surface area contributed by atoms with Crippen molar-refractivity contribution in [3.8, 4) is 0 Å². The molecule has 4 N–H and O–H groups in total. The highest BCUT2D eigenvalue weighted by atomic mass is 35.5. The average molecular weight is 674 g/mol. The van der Waals surface area contributed by atoms with Crippen LogP contribution < -0.4 is 16.0 Å². The molecule has 0 saturated heterocycles. The maximum absolute atomic E-state index is 13.8. The van der Waals surface area contributed by atoms with Gasteiger partial charge in [0.25, 0.3) is 5.91 Å². The molecular formula is C30H35ClF3N3O7S. The van der Waals surface area contributed by atoms with Gasteiger partial charge in [0.05, 0.1) is 20.8 Å². The van der Waals surface area contributed by atoms with E-state index in [0.29, 0.717) is 25.0 Å². The second-order valence-corrected chi connectivity index (χ2v) is 15.1. The van der Waals surface area contributed by atoms with E-state index >= 15 is 0 Å². The molecule has 2 aromatic rings. The number of nitrogens with one attached hydrogen (secondary N) is 3. The SMILES string of the molecule is C[C@H](NC(=O)OC(C)(C)C)C(=O)NCC1(O)C2CCC1CC(S(=O)(=O)c1cc(C(=O)Nc3cc(F)c(F)c(F)c3)ccc1Cl)C2. The minimum atomic E-state index is -4.13. The molecule has 2 unspecified atom stereocenters. The van der Waals surface area contributed by atoms with E-state index in [2.05, 4.69) is 16.0 Å². The third-order valence-electron chi connectivity index (χ3n) is 8.23. The van der Waals surface area contributed by atoms with Crippen LogP contribution in [0.1, 0.15) is 63.7 Å². The first-order valence-electron chi connectivity index (χ1n) is 14.3. The molecule has 0 spiro atoms. The Kier molecular flexibility index (Phi) is 9.81. The number of amides is 3. The number of benzene rings is 2. The summed E-state index contributed by atoms with van der Waals surface area (Å²) in [5.41, 5.74) is -2.67. The molecule has 10 nitrogen and oxygen atoms in total. The number of alkyl carbamates (subject to hydrolysis) is 1. The predicted molar refractivity (Wildman–Crippen MR) is 159 cm³/mol. The largest absolute Gasteiger partial charge is 0.444 e. The summed E-state index contributed by atoms with van der Waals surface area (Å²) in [7, 11) is -4.13. The van der Waals surface area contributed by atoms with Gasteiger partial charge in [0.15, 0.2) is 27.3 Å². The molecule has 4 rings (SSSR count). The van der Waals surface area contributed by atoms with Crippen molar-refractivity contribution in [3.05, 3.63) is 58.4 Å². The monoisotopic (exact) mass is 673 g/mol. The van der Waals surface area contributed by atoms with Crippen molar-refractivity contribution in [1.29, 1.82) is 0 Å². The lowest BCUT2D eigenvalue weighted by molar-refractivity contribution is -0.126. The van der Waals surface area contributed by atoms with Crippen molar-refractivity contribution >= 4 is 45.0 Å². The number of ether oxygens (including phenoxy) is 1. The highest BCUT2D eigenvalue weighted by Crippen LogP contribution is 2.52. The maximum Gasteiger partial charge on any atom is 0.408 e. The van der Waals surface area contributed by atoms with Gasteiger partial charge in [0.1, 0.15) is 11.6 Å². The predicted octanol–water partition coefficient (Wildman–Crippen LogP) is 4.73. The highest BCUT2D eigenvalue weighted by molar-refractivity contribution is 7.92. The van der Waals surface area contributed by atoms with Crippen LogP contribution in [0.4, 0.5) is 23.7 Å². The molecule has 0 heterocycles. The van der Waals surface area contributed by atoms with Crippen molar-refractivity contribution in [2.45, 2.75) is 80.8 Å². The van der Waals surface area contributed by atoms with Crippen molar-refractivity contribution in [2.24, 2.45) is 11.8 Å². The Labute approximate surface area is 264 Å². The normalized spacial score (nSPS) is 23.6. The van der Waals surface area contributed by atoms with Crippen LogP contribution in [-0.2, 0) is 19.4 Å². The first-order chi connectivity index (χ1) is 20.8. The van der Waals surface area contributed by atoms with Gasteiger partial charge in [-0.05, 0) is 83.4 Å². The number of hydrogen-bond acceptors (Lipinski definition) is 7. The molecule has 2 fully saturated rings. The number of sulfone groups is 1. The van der Waals surface area contributed by atoms with Crippen LogP contribution >= 0.6 is 11.6 Å². The molecule has 0 aromatic heterocycles. The zero-order valence-corrected chi connectivity index (χ0v) is 26.6. The molecule has 2 aliphatic carbocycles. The zero-order chi connectivity index (χ0) is 33.5. The quantitative estimate of drug-likeness (QED) is 0.296. The second kappa shape index (κ2) is 12.8. The minimum Gasteiger partial charge on any atom is -0.444 e. The van der Waals surface area contributed by atoms with Crippen molar-refractivity contribution in [3.63, 3.8) is 0 Å². The van der Waals surface area contributed by atoms with Crippen molar-refractivity contribution < 1.29 is 45.8 Å². The van der Waals surface area contributed by atoms with Gasteiger partial charge in [-0.3, -0.25) is 9.59 Å². The van der Waals surface area contributed by atoms with Gasteiger partial charge in [-0.25, -0.2) is 26.4 Å². The number of rotatable bonds is 8. The summed E-state index contributed by atoms with van der Waals surface area (Å²) in [6, 6.07) is 3.73. The molecule has 2 bridgehead atoms. The molecule has 45 heavy (non-hydrogen) atoms. The molecule has 2 aliphatic rings. The minimum absolute atomic E-state index is 0.0673. The van der Waals surface area contributed by atoms with Gasteiger partial charge in [-0.1, -0.05) is 11.6 Å². The number of halogens is 4. The van der Waals surface area contributed by atoms with Gasteiger partial charge in [-0.2, -0.15) is 0 Å². The van der Waals surface area contributed by atoms with Crippen molar-refractivity contribution in [2.75, 3.05) is 11.9 Å².